The number of thioether (sulfide) groups is 1. The van der Waals surface area contributed by atoms with Crippen molar-refractivity contribution < 1.29 is 9.59 Å². The van der Waals surface area contributed by atoms with Gasteiger partial charge in [-0.15, -0.1) is 0 Å². The van der Waals surface area contributed by atoms with Gasteiger partial charge < -0.3 is 5.32 Å². The number of imidazole rings is 1. The molecule has 1 saturated heterocycles. The molecule has 6 nitrogen and oxygen atoms in total. The van der Waals surface area contributed by atoms with E-state index in [1.165, 1.54) is 22.2 Å². The molecule has 0 bridgehead atoms. The highest BCUT2D eigenvalue weighted by Gasteiger charge is 2.31. The zero-order valence-corrected chi connectivity index (χ0v) is 16.0. The molecule has 1 unspecified atom stereocenters. The number of aromatic nitrogens is 2. The third-order valence-electron chi connectivity index (χ3n) is 4.57. The summed E-state index contributed by atoms with van der Waals surface area (Å²) < 4.78 is 2.06. The van der Waals surface area contributed by atoms with Crippen LogP contribution in [0.1, 0.15) is 12.5 Å². The number of rotatable bonds is 4. The van der Waals surface area contributed by atoms with Gasteiger partial charge in [-0.3, -0.25) is 14.3 Å². The third kappa shape index (κ3) is 3.30. The van der Waals surface area contributed by atoms with Gasteiger partial charge in [0.15, 0.2) is 5.16 Å². The number of hydrogen-bond acceptors (Lipinski definition) is 4. The van der Waals surface area contributed by atoms with Crippen LogP contribution in [0.2, 0.25) is 0 Å². The van der Waals surface area contributed by atoms with Crippen LogP contribution in [0.15, 0.2) is 53.7 Å². The molecule has 1 atom stereocenters. The Balaban J connectivity index is 1.71. The van der Waals surface area contributed by atoms with Gasteiger partial charge in [0.05, 0.1) is 16.3 Å². The number of imide groups is 1. The highest BCUT2D eigenvalue weighted by Crippen LogP contribution is 2.31. The van der Waals surface area contributed by atoms with Crippen LogP contribution in [0.4, 0.5) is 4.79 Å². The average molecular weight is 380 g/mol. The maximum atomic E-state index is 12.7. The Labute approximate surface area is 161 Å². The fourth-order valence-electron chi connectivity index (χ4n) is 3.14. The van der Waals surface area contributed by atoms with Crippen LogP contribution in [0.5, 0.6) is 0 Å². The van der Waals surface area contributed by atoms with Crippen molar-refractivity contribution in [3.8, 4) is 5.69 Å². The highest BCUT2D eigenvalue weighted by molar-refractivity contribution is 8.00. The van der Waals surface area contributed by atoms with E-state index in [1.54, 1.807) is 0 Å². The van der Waals surface area contributed by atoms with Crippen molar-refractivity contribution in [2.24, 2.45) is 0 Å². The molecule has 3 aromatic rings. The minimum absolute atomic E-state index is 0.197. The molecule has 3 amide bonds. The number of carbonyl (C=O) groups is 2. The van der Waals surface area contributed by atoms with Crippen molar-refractivity contribution >= 4 is 34.7 Å². The number of carbonyl (C=O) groups excluding carboxylic acids is 2. The predicted molar refractivity (Wildman–Crippen MR) is 106 cm³/mol. The van der Waals surface area contributed by atoms with Gasteiger partial charge in [-0.1, -0.05) is 41.6 Å². The molecule has 1 aliphatic rings. The second kappa shape index (κ2) is 7.08. The minimum atomic E-state index is -0.421. The fraction of sp³-hybridized carbons (Fsp3) is 0.250. The van der Waals surface area contributed by atoms with Gasteiger partial charge in [0.25, 0.3) is 0 Å². The van der Waals surface area contributed by atoms with E-state index in [2.05, 4.69) is 22.0 Å². The molecular weight excluding hydrogens is 360 g/mol. The summed E-state index contributed by atoms with van der Waals surface area (Å²) in [6.07, 6.45) is 0. The van der Waals surface area contributed by atoms with Crippen molar-refractivity contribution in [3.05, 3.63) is 54.1 Å². The lowest BCUT2D eigenvalue weighted by molar-refractivity contribution is -0.126. The van der Waals surface area contributed by atoms with E-state index in [9.17, 15) is 9.59 Å². The molecule has 7 heteroatoms. The molecule has 1 aromatic heterocycles. The van der Waals surface area contributed by atoms with Crippen molar-refractivity contribution in [2.75, 3.05) is 13.1 Å². The minimum Gasteiger partial charge on any atom is -0.336 e. The van der Waals surface area contributed by atoms with E-state index in [4.69, 9.17) is 4.98 Å². The average Bonchev–Trinajstić information content (AvgIpc) is 3.25. The maximum absolute atomic E-state index is 12.7. The summed E-state index contributed by atoms with van der Waals surface area (Å²) in [6.45, 7) is 4.78. The van der Waals surface area contributed by atoms with Gasteiger partial charge in [-0.05, 0) is 38.1 Å². The zero-order valence-electron chi connectivity index (χ0n) is 15.2. The predicted octanol–water partition coefficient (Wildman–Crippen LogP) is 3.37. The molecule has 1 fully saturated rings. The van der Waals surface area contributed by atoms with E-state index in [0.29, 0.717) is 13.1 Å². The summed E-state index contributed by atoms with van der Waals surface area (Å²) in [5.74, 6) is -0.197. The summed E-state index contributed by atoms with van der Waals surface area (Å²) in [6, 6.07) is 15.8. The first kappa shape index (κ1) is 17.6. The zero-order chi connectivity index (χ0) is 19.0. The molecule has 1 aliphatic heterocycles. The molecule has 0 aliphatic carbocycles. The molecule has 4 rings (SSSR count). The number of fused-ring (bicyclic) bond motifs is 1. The first-order chi connectivity index (χ1) is 13.0. The summed E-state index contributed by atoms with van der Waals surface area (Å²) in [5, 5.41) is 2.98. The van der Waals surface area contributed by atoms with E-state index in [1.807, 2.05) is 50.2 Å². The van der Waals surface area contributed by atoms with Gasteiger partial charge in [-0.25, -0.2) is 9.78 Å². The number of para-hydroxylation sites is 2. The molecule has 138 valence electrons. The smallest absolute Gasteiger partial charge is 0.324 e. The van der Waals surface area contributed by atoms with E-state index in [-0.39, 0.29) is 11.9 Å². The molecular formula is C20H20N4O2S. The Kier molecular flexibility index (Phi) is 4.61. The van der Waals surface area contributed by atoms with Crippen LogP contribution < -0.4 is 5.32 Å². The molecule has 0 radical (unpaired) electrons. The second-order valence-corrected chi connectivity index (χ2v) is 7.84. The monoisotopic (exact) mass is 380 g/mol. The lowest BCUT2D eigenvalue weighted by Gasteiger charge is -2.17. The Bertz CT molecular complexity index is 1010. The number of urea groups is 1. The Morgan fingerprint density at radius 1 is 1.19 bits per heavy atom. The topological polar surface area (TPSA) is 67.2 Å². The third-order valence-corrected chi connectivity index (χ3v) is 5.61. The van der Waals surface area contributed by atoms with Crippen LogP contribution in [-0.4, -0.2) is 44.7 Å². The lowest BCUT2D eigenvalue weighted by atomic mass is 10.2. The summed E-state index contributed by atoms with van der Waals surface area (Å²) in [4.78, 5) is 30.5. The number of amides is 3. The largest absolute Gasteiger partial charge is 0.336 e. The number of benzene rings is 2. The molecule has 2 aromatic carbocycles. The van der Waals surface area contributed by atoms with E-state index >= 15 is 0 Å². The fourth-order valence-corrected chi connectivity index (χ4v) is 4.14. The SMILES string of the molecule is Cc1ccc(-n2c(SC(C)C(=O)N3CCNC3=O)nc3ccccc32)cc1. The van der Waals surface area contributed by atoms with Crippen LogP contribution in [-0.2, 0) is 4.79 Å². The van der Waals surface area contributed by atoms with Crippen molar-refractivity contribution in [3.63, 3.8) is 0 Å². The van der Waals surface area contributed by atoms with Crippen molar-refractivity contribution in [1.29, 1.82) is 0 Å². The van der Waals surface area contributed by atoms with E-state index in [0.717, 1.165) is 21.9 Å². The van der Waals surface area contributed by atoms with Crippen LogP contribution >= 0.6 is 11.8 Å². The van der Waals surface area contributed by atoms with Gasteiger partial charge >= 0.3 is 6.03 Å². The normalized spacial score (nSPS) is 15.2. The molecule has 0 saturated carbocycles. The number of nitrogens with zero attached hydrogens (tertiary/aromatic N) is 3. The second-order valence-electron chi connectivity index (χ2n) is 6.54. The number of aryl methyl sites for hydroxylation is 1. The standard InChI is InChI=1S/C20H20N4O2S/c1-13-7-9-15(10-8-13)24-17-6-4-3-5-16(17)22-20(24)27-14(2)18(25)23-12-11-21-19(23)26/h3-10,14H,11-12H2,1-2H3,(H,21,26). The van der Waals surface area contributed by atoms with E-state index < -0.39 is 5.25 Å². The van der Waals surface area contributed by atoms with Crippen molar-refractivity contribution in [2.45, 2.75) is 24.3 Å². The van der Waals surface area contributed by atoms with Crippen LogP contribution in [0.3, 0.4) is 0 Å². The van der Waals surface area contributed by atoms with Crippen molar-refractivity contribution in [1.82, 2.24) is 19.8 Å². The number of hydrogen-bond donors (Lipinski definition) is 1. The van der Waals surface area contributed by atoms with Gasteiger partial charge in [0.2, 0.25) is 5.91 Å². The Morgan fingerprint density at radius 3 is 2.63 bits per heavy atom. The van der Waals surface area contributed by atoms with Crippen LogP contribution in [0, 0.1) is 6.92 Å². The Hall–Kier alpha value is -2.80. The maximum Gasteiger partial charge on any atom is 0.324 e. The molecule has 0 spiro atoms. The van der Waals surface area contributed by atoms with Crippen LogP contribution in [0.25, 0.3) is 16.7 Å². The molecule has 27 heavy (non-hydrogen) atoms. The first-order valence-corrected chi connectivity index (χ1v) is 9.73. The summed E-state index contributed by atoms with van der Waals surface area (Å²) in [7, 11) is 0. The summed E-state index contributed by atoms with van der Waals surface area (Å²) >= 11 is 1.37. The molecule has 2 heterocycles. The number of nitrogens with one attached hydrogen (secondary N) is 1. The quantitative estimate of drug-likeness (QED) is 0.705. The molecule has 1 N–H and O–H groups in total. The first-order valence-electron chi connectivity index (χ1n) is 8.85. The highest BCUT2D eigenvalue weighted by atomic mass is 32.2. The van der Waals surface area contributed by atoms with Gasteiger partial charge in [0.1, 0.15) is 0 Å². The Morgan fingerprint density at radius 2 is 1.93 bits per heavy atom. The van der Waals surface area contributed by atoms with Gasteiger partial charge in [0, 0.05) is 18.8 Å². The summed E-state index contributed by atoms with van der Waals surface area (Å²) in [5.41, 5.74) is 4.04. The van der Waals surface area contributed by atoms with Gasteiger partial charge in [-0.2, -0.15) is 0 Å². The lowest BCUT2D eigenvalue weighted by Crippen LogP contribution is -2.39.